The van der Waals surface area contributed by atoms with Gasteiger partial charge in [0.2, 0.25) is 0 Å². The average molecular weight is 262 g/mol. The minimum absolute atomic E-state index is 0.306. The molecule has 14 heavy (non-hydrogen) atoms. The molecule has 0 unspecified atom stereocenters. The Bertz CT molecular complexity index is 197. The molecule has 0 heterocycles. The molecule has 0 aliphatic heterocycles. The van der Waals surface area contributed by atoms with E-state index in [1.54, 1.807) is 0 Å². The maximum Gasteiger partial charge on any atom is 0.466 e. The van der Waals surface area contributed by atoms with Gasteiger partial charge in [-0.15, -0.1) is 0 Å². The summed E-state index contributed by atoms with van der Waals surface area (Å²) < 4.78 is 18.1. The molecule has 9 nitrogen and oxygen atoms in total. The van der Waals surface area contributed by atoms with E-state index in [2.05, 4.69) is 6.58 Å². The van der Waals surface area contributed by atoms with Gasteiger partial charge in [0, 0.05) is 0 Å². The average Bonchev–Trinajstić information content (AvgIpc) is 1.45. The van der Waals surface area contributed by atoms with E-state index in [1.165, 1.54) is 0 Å². The van der Waals surface area contributed by atoms with Crippen molar-refractivity contribution in [1.82, 2.24) is 0 Å². The van der Waals surface area contributed by atoms with Crippen LogP contribution in [0, 0.1) is 0 Å². The molecule has 7 N–H and O–H groups in total. The third kappa shape index (κ3) is 3060. The van der Waals surface area contributed by atoms with E-state index >= 15 is 0 Å². The zero-order valence-corrected chi connectivity index (χ0v) is 10.8. The van der Waals surface area contributed by atoms with E-state index in [4.69, 9.17) is 43.6 Å². The monoisotopic (exact) mass is 262 g/mol. The summed E-state index contributed by atoms with van der Waals surface area (Å²) in [5.74, 6) is 0. The molecule has 0 rings (SSSR count). The van der Waals surface area contributed by atoms with Crippen LogP contribution in [0.3, 0.4) is 0 Å². The quantitative estimate of drug-likeness (QED) is 0.153. The molecule has 0 aromatic rings. The van der Waals surface area contributed by atoms with Crippen molar-refractivity contribution >= 4 is 43.6 Å². The zero-order chi connectivity index (χ0) is 12.6. The molecule has 0 aromatic heterocycles. The Balaban J connectivity index is -0.000000131. The van der Waals surface area contributed by atoms with Crippen LogP contribution < -0.4 is 0 Å². The Morgan fingerprint density at radius 3 is 0.929 bits per heavy atom. The Labute approximate surface area is 96.6 Å². The van der Waals surface area contributed by atoms with Crippen LogP contribution in [0.2, 0.25) is 0 Å². The second-order valence-electron chi connectivity index (χ2n) is 1.76. The molecule has 0 aliphatic carbocycles. The van der Waals surface area contributed by atoms with Crippen LogP contribution in [0.4, 0.5) is 0 Å². The molecule has 0 saturated heterocycles. The maximum absolute atomic E-state index is 8.88. The second-order valence-corrected chi connectivity index (χ2v) is 4.97. The van der Waals surface area contributed by atoms with Gasteiger partial charge >= 0.3 is 58.3 Å². The van der Waals surface area contributed by atoms with Crippen LogP contribution in [0.5, 0.6) is 0 Å². The van der Waals surface area contributed by atoms with Crippen LogP contribution in [-0.4, -0.2) is 62.4 Å². The van der Waals surface area contributed by atoms with E-state index in [-0.39, 0.29) is 0 Å². The van der Waals surface area contributed by atoms with Crippen molar-refractivity contribution in [2.75, 3.05) is 0 Å². The van der Waals surface area contributed by atoms with Gasteiger partial charge in [-0.2, -0.15) is 0 Å². The zero-order valence-electron chi connectivity index (χ0n) is 7.05. The van der Waals surface area contributed by atoms with Crippen molar-refractivity contribution in [2.45, 2.75) is 0 Å². The van der Waals surface area contributed by atoms with Gasteiger partial charge in [-0.1, -0.05) is 0 Å². The first kappa shape index (κ1) is 20.2. The Morgan fingerprint density at radius 2 is 0.929 bits per heavy atom. The smallest absolute Gasteiger partial charge is 0.303 e. The summed E-state index contributed by atoms with van der Waals surface area (Å²) in [6.45, 7) is 3.17. The van der Waals surface area contributed by atoms with Crippen LogP contribution in [0.15, 0.2) is 9.59 Å². The number of hydrogen-bond donors (Lipinski definition) is 7. The van der Waals surface area contributed by atoms with Gasteiger partial charge in [-0.05, 0) is 0 Å². The van der Waals surface area contributed by atoms with Crippen molar-refractivity contribution in [3.05, 3.63) is 9.59 Å². The third-order valence-electron chi connectivity index (χ3n) is 0. The van der Waals surface area contributed by atoms with Crippen molar-refractivity contribution in [1.29, 1.82) is 0 Å². The van der Waals surface area contributed by atoms with E-state index < -0.39 is 15.6 Å². The van der Waals surface area contributed by atoms with Gasteiger partial charge < -0.3 is 29.4 Å². The Kier molecular flexibility index (Phi) is 13.0. The summed E-state index contributed by atoms with van der Waals surface area (Å²) >= 11 is 0.710. The summed E-state index contributed by atoms with van der Waals surface area (Å²) in [7, 11) is -9.28. The number of aliphatic hydroxyl groups is 1. The number of rotatable bonds is 0. The van der Waals surface area contributed by atoms with Crippen LogP contribution in [-0.2, 0) is 9.13 Å². The van der Waals surface area contributed by atoms with Gasteiger partial charge in [0.15, 0.2) is 0 Å². The molecule has 0 spiro atoms. The Hall–Kier alpha value is 0.760. The molecule has 0 saturated carbocycles. The topological polar surface area (TPSA) is 176 Å². The summed E-state index contributed by atoms with van der Waals surface area (Å²) in [5, 5.41) is 7.92. The first-order valence-electron chi connectivity index (χ1n) is 2.64. The van der Waals surface area contributed by atoms with E-state index in [0.29, 0.717) is 30.9 Å². The molecule has 0 aliphatic rings. The molecule has 0 radical (unpaired) electrons. The predicted molar refractivity (Wildman–Crippen MR) is 46.0 cm³/mol. The molecule has 0 amide bonds. The van der Waals surface area contributed by atoms with Crippen molar-refractivity contribution in [2.24, 2.45) is 0 Å². The van der Waals surface area contributed by atoms with E-state index in [0.717, 1.165) is 0 Å². The van der Waals surface area contributed by atoms with E-state index in [9.17, 15) is 0 Å². The van der Waals surface area contributed by atoms with Gasteiger partial charge in [0.05, 0.1) is 0 Å². The summed E-state index contributed by atoms with van der Waals surface area (Å²) in [5.41, 5.74) is 0. The van der Waals surface area contributed by atoms with Crippen molar-refractivity contribution in [3.8, 4) is 0 Å². The molecule has 12 heteroatoms. The van der Waals surface area contributed by atoms with Gasteiger partial charge in [-0.25, -0.2) is 9.13 Å². The number of aliphatic hydroxyl groups excluding tert-OH is 1. The SMILES string of the molecule is C=[C](O)[Na].O=P(O)(O)O.O=P(O)(O)O. The van der Waals surface area contributed by atoms with Gasteiger partial charge in [0.25, 0.3) is 0 Å². The number of phosphoric acid groups is 2. The Morgan fingerprint density at radius 1 is 0.929 bits per heavy atom. The fraction of sp³-hybridized carbons (Fsp3) is 0. The predicted octanol–water partition coefficient (Wildman–Crippen LogP) is -1.67. The molecular formula is C2H9NaO9P2. The van der Waals surface area contributed by atoms with Gasteiger partial charge in [-0.3, -0.25) is 0 Å². The second kappa shape index (κ2) is 9.02. The molecule has 0 aromatic carbocycles. The van der Waals surface area contributed by atoms with Gasteiger partial charge in [0.1, 0.15) is 0 Å². The molecule has 0 bridgehead atoms. The fourth-order valence-electron chi connectivity index (χ4n) is 0. The van der Waals surface area contributed by atoms with Crippen molar-refractivity contribution < 1.29 is 43.6 Å². The normalized spacial score (nSPS) is 10.3. The first-order valence-corrected chi connectivity index (χ1v) is 6.77. The minimum atomic E-state index is -4.64. The minimum Gasteiger partial charge on any atom is -0.303 e. The molecule has 0 fully saturated rings. The van der Waals surface area contributed by atoms with Crippen LogP contribution >= 0.6 is 15.6 Å². The summed E-state index contributed by atoms with van der Waals surface area (Å²) in [6, 6.07) is 0. The first-order chi connectivity index (χ1) is 5.73. The van der Waals surface area contributed by atoms with Crippen molar-refractivity contribution in [3.63, 3.8) is 0 Å². The largest absolute Gasteiger partial charge is 0.466 e. The standard InChI is InChI=1S/C2H3O.Na.2H3O4P/c1-2-3;;2*1-5(2,3)4/h3H,1H2;;2*(H3,1,2,3,4). The summed E-state index contributed by atoms with van der Waals surface area (Å²) in [6.07, 6.45) is 0. The number of hydrogen-bond acceptors (Lipinski definition) is 3. The fourth-order valence-corrected chi connectivity index (χ4v) is 0. The van der Waals surface area contributed by atoms with E-state index in [1.807, 2.05) is 0 Å². The van der Waals surface area contributed by atoms with Crippen LogP contribution in [0.1, 0.15) is 0 Å². The molecule has 82 valence electrons. The molecule has 0 atom stereocenters. The summed E-state index contributed by atoms with van der Waals surface area (Å²) in [4.78, 5) is 43.1. The van der Waals surface area contributed by atoms with Crippen LogP contribution in [0.25, 0.3) is 0 Å². The maximum atomic E-state index is 8.88. The third-order valence-corrected chi connectivity index (χ3v) is 0. The molecular weight excluding hydrogens is 253 g/mol.